The third kappa shape index (κ3) is 4.00. The Morgan fingerprint density at radius 2 is 0.951 bits per heavy atom. The summed E-state index contributed by atoms with van der Waals surface area (Å²) in [6.07, 6.45) is 1.94. The number of para-hydroxylation sites is 1. The molecule has 0 saturated heterocycles. The largest absolute Gasteiger partial charge is 0.294 e. The van der Waals surface area contributed by atoms with Gasteiger partial charge in [-0.25, -0.2) is 4.98 Å². The number of pyridine rings is 1. The van der Waals surface area contributed by atoms with Crippen molar-refractivity contribution in [2.45, 2.75) is 0 Å². The lowest BCUT2D eigenvalue weighted by Gasteiger charge is -2.33. The molecular weight excluding hydrogens is 496 g/mol. The molecule has 0 radical (unpaired) electrons. The fourth-order valence-electron chi connectivity index (χ4n) is 6.08. The monoisotopic (exact) mass is 522 g/mol. The lowest BCUT2D eigenvalue weighted by Crippen LogP contribution is -2.16. The fourth-order valence-corrected chi connectivity index (χ4v) is 6.08. The van der Waals surface area contributed by atoms with Crippen molar-refractivity contribution in [1.82, 2.24) is 4.98 Å². The Balaban J connectivity index is 1.41. The molecule has 0 N–H and O–H groups in total. The molecule has 2 nitrogen and oxygen atoms in total. The van der Waals surface area contributed by atoms with E-state index < -0.39 is 0 Å². The zero-order chi connectivity index (χ0) is 27.2. The van der Waals surface area contributed by atoms with E-state index in [4.69, 9.17) is 4.98 Å². The van der Waals surface area contributed by atoms with Gasteiger partial charge in [-0.15, -0.1) is 0 Å². The zero-order valence-electron chi connectivity index (χ0n) is 22.4. The van der Waals surface area contributed by atoms with Crippen LogP contribution in [0.4, 0.5) is 17.2 Å². The summed E-state index contributed by atoms with van der Waals surface area (Å²) in [4.78, 5) is 7.37. The molecule has 0 bridgehead atoms. The first-order valence-electron chi connectivity index (χ1n) is 14.0. The van der Waals surface area contributed by atoms with Crippen LogP contribution in [0.25, 0.3) is 55.3 Å². The van der Waals surface area contributed by atoms with Crippen molar-refractivity contribution in [3.8, 4) is 44.5 Å². The third-order valence-corrected chi connectivity index (χ3v) is 7.99. The summed E-state index contributed by atoms with van der Waals surface area (Å²) >= 11 is 0. The molecule has 0 aliphatic carbocycles. The maximum Gasteiger partial charge on any atom is 0.146 e. The molecule has 1 aliphatic heterocycles. The number of hydrogen-bond donors (Lipinski definition) is 0. The van der Waals surface area contributed by atoms with Crippen LogP contribution in [0.5, 0.6) is 0 Å². The van der Waals surface area contributed by atoms with E-state index in [9.17, 15) is 0 Å². The van der Waals surface area contributed by atoms with Crippen LogP contribution >= 0.6 is 0 Å². The topological polar surface area (TPSA) is 16.1 Å². The van der Waals surface area contributed by atoms with E-state index in [0.717, 1.165) is 17.2 Å². The highest BCUT2D eigenvalue weighted by Crippen LogP contribution is 2.51. The average Bonchev–Trinajstić information content (AvgIpc) is 3.06. The van der Waals surface area contributed by atoms with Crippen molar-refractivity contribution in [3.05, 3.63) is 158 Å². The van der Waals surface area contributed by atoms with Crippen molar-refractivity contribution in [2.75, 3.05) is 4.90 Å². The lowest BCUT2D eigenvalue weighted by molar-refractivity contribution is 1.19. The standard InChI is InChI=1S/C39H26N2/c1-4-12-27(13-5-1)31-23-32(28-14-6-2-7-15-28)25-34(24-31)41-37-19-11-10-18-35(37)36-26-33(29-16-8-3-9-17-29)22-30-20-21-40-39(41)38(30)36/h1-26H. The molecule has 2 heterocycles. The molecule has 0 saturated carbocycles. The average molecular weight is 523 g/mol. The second-order valence-corrected chi connectivity index (χ2v) is 10.5. The molecule has 6 aromatic carbocycles. The van der Waals surface area contributed by atoms with Gasteiger partial charge in [0.15, 0.2) is 0 Å². The van der Waals surface area contributed by atoms with Crippen molar-refractivity contribution in [2.24, 2.45) is 0 Å². The molecule has 7 aromatic rings. The summed E-state index contributed by atoms with van der Waals surface area (Å²) in [5.41, 5.74) is 11.8. The number of nitrogens with zero attached hydrogens (tertiary/aromatic N) is 2. The summed E-state index contributed by atoms with van der Waals surface area (Å²) in [7, 11) is 0. The molecule has 1 aromatic heterocycles. The van der Waals surface area contributed by atoms with Crippen LogP contribution in [-0.4, -0.2) is 4.98 Å². The van der Waals surface area contributed by atoms with Crippen LogP contribution in [0.1, 0.15) is 0 Å². The Morgan fingerprint density at radius 1 is 0.415 bits per heavy atom. The quantitative estimate of drug-likeness (QED) is 0.228. The Morgan fingerprint density at radius 3 is 1.56 bits per heavy atom. The van der Waals surface area contributed by atoms with Crippen molar-refractivity contribution < 1.29 is 0 Å². The first-order chi connectivity index (χ1) is 20.3. The minimum Gasteiger partial charge on any atom is -0.294 e. The molecule has 8 rings (SSSR count). The zero-order valence-corrected chi connectivity index (χ0v) is 22.4. The number of benzene rings is 6. The van der Waals surface area contributed by atoms with Crippen LogP contribution < -0.4 is 4.90 Å². The predicted molar refractivity (Wildman–Crippen MR) is 172 cm³/mol. The van der Waals surface area contributed by atoms with Crippen LogP contribution in [0.3, 0.4) is 0 Å². The maximum atomic E-state index is 5.03. The van der Waals surface area contributed by atoms with E-state index in [-0.39, 0.29) is 0 Å². The molecule has 0 fully saturated rings. The Kier molecular flexibility index (Phi) is 5.49. The predicted octanol–water partition coefficient (Wildman–Crippen LogP) is 10.7. The number of hydrogen-bond acceptors (Lipinski definition) is 2. The summed E-state index contributed by atoms with van der Waals surface area (Å²) in [5.74, 6) is 0.958. The van der Waals surface area contributed by atoms with Gasteiger partial charge < -0.3 is 0 Å². The molecule has 0 unspecified atom stereocenters. The van der Waals surface area contributed by atoms with E-state index in [2.05, 4.69) is 157 Å². The Bertz CT molecular complexity index is 1970. The van der Waals surface area contributed by atoms with Gasteiger partial charge in [0.05, 0.1) is 5.69 Å². The highest BCUT2D eigenvalue weighted by molar-refractivity contribution is 6.14. The smallest absolute Gasteiger partial charge is 0.146 e. The van der Waals surface area contributed by atoms with Gasteiger partial charge in [-0.3, -0.25) is 4.90 Å². The summed E-state index contributed by atoms with van der Waals surface area (Å²) in [6, 6.07) is 54.2. The number of aromatic nitrogens is 1. The summed E-state index contributed by atoms with van der Waals surface area (Å²) in [6.45, 7) is 0. The van der Waals surface area contributed by atoms with Crippen molar-refractivity contribution in [1.29, 1.82) is 0 Å². The van der Waals surface area contributed by atoms with Crippen LogP contribution in [0.15, 0.2) is 158 Å². The van der Waals surface area contributed by atoms with Crippen LogP contribution in [-0.2, 0) is 0 Å². The van der Waals surface area contributed by atoms with Gasteiger partial charge in [-0.05, 0) is 86.8 Å². The molecule has 0 amide bonds. The van der Waals surface area contributed by atoms with Gasteiger partial charge in [0.2, 0.25) is 0 Å². The van der Waals surface area contributed by atoms with Gasteiger partial charge in [-0.1, -0.05) is 109 Å². The minimum atomic E-state index is 0.958. The molecule has 1 aliphatic rings. The van der Waals surface area contributed by atoms with Gasteiger partial charge in [-0.2, -0.15) is 0 Å². The van der Waals surface area contributed by atoms with Gasteiger partial charge in [0.1, 0.15) is 5.82 Å². The lowest BCUT2D eigenvalue weighted by atomic mass is 9.89. The SMILES string of the molecule is c1ccc(-c2cc(-c3ccccc3)cc(N3c4ccccc4-c4cc(-c5ccccc5)cc5ccnc3c45)c2)cc1. The molecule has 0 spiro atoms. The first-order valence-corrected chi connectivity index (χ1v) is 14.0. The summed E-state index contributed by atoms with van der Waals surface area (Å²) < 4.78 is 0. The highest BCUT2D eigenvalue weighted by atomic mass is 15.2. The Hall–Kier alpha value is -5.47. The number of fused-ring (bicyclic) bond motifs is 2. The minimum absolute atomic E-state index is 0.958. The van der Waals surface area contributed by atoms with E-state index >= 15 is 0 Å². The molecule has 0 atom stereocenters. The maximum absolute atomic E-state index is 5.03. The first kappa shape index (κ1) is 23.4. The second kappa shape index (κ2) is 9.62. The third-order valence-electron chi connectivity index (χ3n) is 7.99. The number of rotatable bonds is 4. The van der Waals surface area contributed by atoms with Crippen molar-refractivity contribution in [3.63, 3.8) is 0 Å². The van der Waals surface area contributed by atoms with Crippen molar-refractivity contribution >= 4 is 28.0 Å². The van der Waals surface area contributed by atoms with Gasteiger partial charge in [0, 0.05) is 22.8 Å². The van der Waals surface area contributed by atoms with Crippen LogP contribution in [0.2, 0.25) is 0 Å². The molecule has 41 heavy (non-hydrogen) atoms. The van der Waals surface area contributed by atoms with Crippen LogP contribution in [0, 0.1) is 0 Å². The summed E-state index contributed by atoms with van der Waals surface area (Å²) in [5, 5.41) is 2.37. The second-order valence-electron chi connectivity index (χ2n) is 10.5. The normalized spacial score (nSPS) is 11.9. The molecule has 2 heteroatoms. The van der Waals surface area contributed by atoms with Gasteiger partial charge in [0.25, 0.3) is 0 Å². The van der Waals surface area contributed by atoms with E-state index in [0.29, 0.717) is 0 Å². The van der Waals surface area contributed by atoms with Gasteiger partial charge >= 0.3 is 0 Å². The number of anilines is 3. The van der Waals surface area contributed by atoms with E-state index in [1.165, 1.54) is 55.3 Å². The Labute approximate surface area is 239 Å². The fraction of sp³-hybridized carbons (Fsp3) is 0. The highest BCUT2D eigenvalue weighted by Gasteiger charge is 2.28. The molecular formula is C39H26N2. The molecule has 192 valence electrons. The van der Waals surface area contributed by atoms with E-state index in [1.807, 2.05) is 6.20 Å². The van der Waals surface area contributed by atoms with E-state index in [1.54, 1.807) is 0 Å².